The summed E-state index contributed by atoms with van der Waals surface area (Å²) in [5.41, 5.74) is 4.69. The molecule has 0 saturated heterocycles. The van der Waals surface area contributed by atoms with Crippen LogP contribution >= 0.6 is 11.3 Å². The molecule has 28 heavy (non-hydrogen) atoms. The van der Waals surface area contributed by atoms with E-state index < -0.39 is 10.0 Å². The Labute approximate surface area is 169 Å². The zero-order valence-electron chi connectivity index (χ0n) is 16.2. The van der Waals surface area contributed by atoms with E-state index in [9.17, 15) is 8.42 Å². The topological polar surface area (TPSA) is 66.1 Å². The van der Waals surface area contributed by atoms with E-state index in [1.807, 2.05) is 51.1 Å². The summed E-state index contributed by atoms with van der Waals surface area (Å²) in [6, 6.07) is 12.0. The molecule has 0 bridgehead atoms. The molecule has 0 atom stereocenters. The third-order valence-corrected chi connectivity index (χ3v) is 8.27. The summed E-state index contributed by atoms with van der Waals surface area (Å²) in [5, 5.41) is 7.24. The highest BCUT2D eigenvalue weighted by Gasteiger charge is 2.33. The van der Waals surface area contributed by atoms with Gasteiger partial charge in [0, 0.05) is 34.1 Å². The molecule has 1 aliphatic heterocycles. The zero-order valence-corrected chi connectivity index (χ0v) is 17.8. The molecule has 1 aromatic carbocycles. The molecular formula is C21H23N3O2S2. The molecular weight excluding hydrogens is 390 g/mol. The van der Waals surface area contributed by atoms with Gasteiger partial charge in [-0.05, 0) is 44.4 Å². The Hall–Kier alpha value is -2.22. The summed E-state index contributed by atoms with van der Waals surface area (Å²) >= 11 is 1.51. The molecule has 0 radical (unpaired) electrons. The lowest BCUT2D eigenvalue weighted by molar-refractivity contribution is 0.441. The Bertz CT molecular complexity index is 1140. The van der Waals surface area contributed by atoms with E-state index in [0.717, 1.165) is 26.6 Å². The summed E-state index contributed by atoms with van der Waals surface area (Å²) in [4.78, 5) is 2.18. The molecule has 0 spiro atoms. The molecule has 7 heteroatoms. The number of hydrogen-bond acceptors (Lipinski definition) is 4. The number of sulfonamides is 1. The standard InChI is InChI=1S/C21H23N3O2S2/c1-14-13-19(23-22-14)20-15(2)27-16(3)21(20)28(25,26)24-11-9-18(10-12-24)17-7-5-4-6-8-17/h4-9,13H,10-12H2,1-3H3,(H,22,23). The van der Waals surface area contributed by atoms with Gasteiger partial charge in [0.2, 0.25) is 10.0 Å². The highest BCUT2D eigenvalue weighted by atomic mass is 32.2. The van der Waals surface area contributed by atoms with Gasteiger partial charge in [-0.2, -0.15) is 9.40 Å². The highest BCUT2D eigenvalue weighted by Crippen LogP contribution is 2.40. The number of thiophene rings is 1. The van der Waals surface area contributed by atoms with Gasteiger partial charge in [-0.3, -0.25) is 5.10 Å². The van der Waals surface area contributed by atoms with E-state index in [0.29, 0.717) is 30.1 Å². The molecule has 3 heterocycles. The van der Waals surface area contributed by atoms with Crippen LogP contribution in [0, 0.1) is 20.8 Å². The van der Waals surface area contributed by atoms with Gasteiger partial charge in [0.05, 0.1) is 5.69 Å². The van der Waals surface area contributed by atoms with Crippen LogP contribution in [0.5, 0.6) is 0 Å². The van der Waals surface area contributed by atoms with E-state index in [2.05, 4.69) is 22.3 Å². The Kier molecular flexibility index (Phi) is 4.99. The number of nitrogens with zero attached hydrogens (tertiary/aromatic N) is 2. The van der Waals surface area contributed by atoms with E-state index in [4.69, 9.17) is 0 Å². The van der Waals surface area contributed by atoms with E-state index >= 15 is 0 Å². The largest absolute Gasteiger partial charge is 0.282 e. The zero-order chi connectivity index (χ0) is 19.9. The summed E-state index contributed by atoms with van der Waals surface area (Å²) < 4.78 is 28.6. The summed E-state index contributed by atoms with van der Waals surface area (Å²) in [7, 11) is -3.60. The van der Waals surface area contributed by atoms with E-state index in [1.54, 1.807) is 4.31 Å². The molecule has 146 valence electrons. The Balaban J connectivity index is 1.70. The number of aryl methyl sites for hydroxylation is 3. The molecule has 5 nitrogen and oxygen atoms in total. The normalized spacial score (nSPS) is 15.6. The summed E-state index contributed by atoms with van der Waals surface area (Å²) in [6.45, 7) is 6.62. The van der Waals surface area contributed by atoms with Gasteiger partial charge in [-0.15, -0.1) is 11.3 Å². The van der Waals surface area contributed by atoms with Crippen molar-refractivity contribution in [3.05, 3.63) is 63.5 Å². The third kappa shape index (κ3) is 3.34. The van der Waals surface area contributed by atoms with Crippen molar-refractivity contribution >= 4 is 26.9 Å². The van der Waals surface area contributed by atoms with Crippen LogP contribution in [0.1, 0.15) is 27.4 Å². The average molecular weight is 414 g/mol. The molecule has 0 amide bonds. The number of aromatic nitrogens is 2. The molecule has 2 aromatic heterocycles. The lowest BCUT2D eigenvalue weighted by Crippen LogP contribution is -2.35. The van der Waals surface area contributed by atoms with Crippen molar-refractivity contribution in [1.29, 1.82) is 0 Å². The second-order valence-corrected chi connectivity index (χ2v) is 10.4. The fourth-order valence-corrected chi connectivity index (χ4v) is 6.94. The average Bonchev–Trinajstić information content (AvgIpc) is 3.24. The monoisotopic (exact) mass is 413 g/mol. The SMILES string of the molecule is Cc1cc(-c2c(C)sc(C)c2S(=O)(=O)N2CC=C(c3ccccc3)CC2)n[nH]1. The minimum absolute atomic E-state index is 0.389. The van der Waals surface area contributed by atoms with Gasteiger partial charge in [0.25, 0.3) is 0 Å². The van der Waals surface area contributed by atoms with E-state index in [-0.39, 0.29) is 0 Å². The van der Waals surface area contributed by atoms with E-state index in [1.165, 1.54) is 16.9 Å². The predicted octanol–water partition coefficient (Wildman–Crippen LogP) is 4.54. The quantitative estimate of drug-likeness (QED) is 0.683. The van der Waals surface area contributed by atoms with Gasteiger partial charge >= 0.3 is 0 Å². The molecule has 0 unspecified atom stereocenters. The Morgan fingerprint density at radius 3 is 2.46 bits per heavy atom. The molecule has 1 aliphatic rings. The van der Waals surface area contributed by atoms with Crippen LogP contribution in [0.15, 0.2) is 47.4 Å². The minimum atomic E-state index is -3.60. The van der Waals surface area contributed by atoms with Crippen LogP contribution < -0.4 is 0 Å². The van der Waals surface area contributed by atoms with Gasteiger partial charge < -0.3 is 0 Å². The Morgan fingerprint density at radius 2 is 1.86 bits per heavy atom. The molecule has 0 saturated carbocycles. The van der Waals surface area contributed by atoms with Gasteiger partial charge in [0.15, 0.2) is 0 Å². The van der Waals surface area contributed by atoms with Crippen LogP contribution in [-0.4, -0.2) is 36.0 Å². The lowest BCUT2D eigenvalue weighted by Gasteiger charge is -2.26. The minimum Gasteiger partial charge on any atom is -0.282 e. The van der Waals surface area contributed by atoms with Crippen LogP contribution in [0.3, 0.4) is 0 Å². The first kappa shape index (κ1) is 19.1. The number of nitrogens with one attached hydrogen (secondary N) is 1. The van der Waals surface area contributed by atoms with Gasteiger partial charge in [-0.1, -0.05) is 36.4 Å². The second-order valence-electron chi connectivity index (χ2n) is 7.06. The molecule has 0 fully saturated rings. The molecule has 3 aromatic rings. The fraction of sp³-hybridized carbons (Fsp3) is 0.286. The molecule has 1 N–H and O–H groups in total. The predicted molar refractivity (Wildman–Crippen MR) is 114 cm³/mol. The number of hydrogen-bond donors (Lipinski definition) is 1. The van der Waals surface area contributed by atoms with Gasteiger partial charge in [-0.25, -0.2) is 8.42 Å². The van der Waals surface area contributed by atoms with Crippen molar-refractivity contribution < 1.29 is 8.42 Å². The van der Waals surface area contributed by atoms with Crippen molar-refractivity contribution in [1.82, 2.24) is 14.5 Å². The summed E-state index contributed by atoms with van der Waals surface area (Å²) in [6.07, 6.45) is 2.74. The first-order valence-corrected chi connectivity index (χ1v) is 11.5. The number of rotatable bonds is 4. The maximum atomic E-state index is 13.5. The van der Waals surface area contributed by atoms with Crippen LogP contribution in [0.25, 0.3) is 16.8 Å². The van der Waals surface area contributed by atoms with Crippen molar-refractivity contribution in [2.45, 2.75) is 32.1 Å². The maximum absolute atomic E-state index is 13.5. The first-order chi connectivity index (χ1) is 13.4. The summed E-state index contributed by atoms with van der Waals surface area (Å²) in [5.74, 6) is 0. The van der Waals surface area contributed by atoms with Crippen LogP contribution in [-0.2, 0) is 10.0 Å². The highest BCUT2D eigenvalue weighted by molar-refractivity contribution is 7.89. The van der Waals surface area contributed by atoms with Crippen LogP contribution in [0.4, 0.5) is 0 Å². The maximum Gasteiger partial charge on any atom is 0.245 e. The molecule has 0 aliphatic carbocycles. The lowest BCUT2D eigenvalue weighted by atomic mass is 10.0. The molecule has 4 rings (SSSR count). The number of benzene rings is 1. The second kappa shape index (κ2) is 7.31. The van der Waals surface area contributed by atoms with Crippen molar-refractivity contribution in [2.24, 2.45) is 0 Å². The smallest absolute Gasteiger partial charge is 0.245 e. The Morgan fingerprint density at radius 1 is 1.11 bits per heavy atom. The first-order valence-electron chi connectivity index (χ1n) is 9.25. The number of H-pyrrole nitrogens is 1. The fourth-order valence-electron chi connectivity index (χ4n) is 3.73. The third-order valence-electron chi connectivity index (χ3n) is 5.08. The number of aromatic amines is 1. The van der Waals surface area contributed by atoms with Crippen molar-refractivity contribution in [2.75, 3.05) is 13.1 Å². The van der Waals surface area contributed by atoms with Crippen molar-refractivity contribution in [3.63, 3.8) is 0 Å². The van der Waals surface area contributed by atoms with Gasteiger partial charge in [0.1, 0.15) is 4.90 Å². The van der Waals surface area contributed by atoms with Crippen molar-refractivity contribution in [3.8, 4) is 11.3 Å². The van der Waals surface area contributed by atoms with Crippen LogP contribution in [0.2, 0.25) is 0 Å².